The summed E-state index contributed by atoms with van der Waals surface area (Å²) in [5, 5.41) is 11.6. The van der Waals surface area contributed by atoms with E-state index < -0.39 is 35.8 Å². The Morgan fingerprint density at radius 3 is 2.42 bits per heavy atom. The number of hydrogen-bond donors (Lipinski definition) is 4. The largest absolute Gasteiger partial charge is 0.446 e. The average Bonchev–Trinajstić information content (AvgIpc) is 3.49. The van der Waals surface area contributed by atoms with Crippen LogP contribution < -0.4 is 21.3 Å². The third kappa shape index (κ3) is 8.65. The van der Waals surface area contributed by atoms with Crippen LogP contribution in [0, 0.1) is 11.8 Å². The van der Waals surface area contributed by atoms with E-state index in [1.54, 1.807) is 4.90 Å². The standard InChI is InChI=1S/C31H42N6O6/c1-19(2)26-30(42)34-24(17-21-9-5-4-6-10-21)31-35-25(18-43-31)28(40)32-14-8-7-11-23(29(41)36-26)33-27(39)22-12-15-37(16-13-22)20(3)38/h4-6,9-10,18-19,22-24,26H,7-8,11-17H2,1-3H3,(H,32,40)(H,33,39)(H,34,42)(H,36,41)/t23-,24+,26-/m0/s1. The summed E-state index contributed by atoms with van der Waals surface area (Å²) >= 11 is 0. The molecular weight excluding hydrogens is 552 g/mol. The van der Waals surface area contributed by atoms with Crippen molar-refractivity contribution in [3.63, 3.8) is 0 Å². The molecule has 4 N–H and O–H groups in total. The van der Waals surface area contributed by atoms with Gasteiger partial charge < -0.3 is 30.6 Å². The zero-order valence-corrected chi connectivity index (χ0v) is 25.1. The molecule has 4 rings (SSSR count). The number of carbonyl (C=O) groups excluding carboxylic acids is 5. The van der Waals surface area contributed by atoms with Crippen LogP contribution in [0.5, 0.6) is 0 Å². The van der Waals surface area contributed by atoms with Crippen LogP contribution >= 0.6 is 0 Å². The van der Waals surface area contributed by atoms with Crippen LogP contribution in [0.2, 0.25) is 0 Å². The fraction of sp³-hybridized carbons (Fsp3) is 0.548. The monoisotopic (exact) mass is 594 g/mol. The maximum Gasteiger partial charge on any atom is 0.273 e. The second-order valence-electron chi connectivity index (χ2n) is 11.6. The van der Waals surface area contributed by atoms with Gasteiger partial charge in [0.05, 0.1) is 0 Å². The van der Waals surface area contributed by atoms with Gasteiger partial charge in [-0.3, -0.25) is 24.0 Å². The predicted octanol–water partition coefficient (Wildman–Crippen LogP) is 1.87. The van der Waals surface area contributed by atoms with Crippen molar-refractivity contribution in [2.45, 2.75) is 77.4 Å². The van der Waals surface area contributed by atoms with Gasteiger partial charge in [-0.05, 0) is 43.6 Å². The average molecular weight is 595 g/mol. The first-order chi connectivity index (χ1) is 20.6. The van der Waals surface area contributed by atoms with Crippen LogP contribution in [0.3, 0.4) is 0 Å². The van der Waals surface area contributed by atoms with Gasteiger partial charge in [0.15, 0.2) is 5.69 Å². The Morgan fingerprint density at radius 2 is 1.74 bits per heavy atom. The highest BCUT2D eigenvalue weighted by Gasteiger charge is 2.33. The van der Waals surface area contributed by atoms with Gasteiger partial charge >= 0.3 is 0 Å². The summed E-state index contributed by atoms with van der Waals surface area (Å²) in [6.45, 7) is 6.52. The van der Waals surface area contributed by atoms with E-state index in [0.29, 0.717) is 58.2 Å². The van der Waals surface area contributed by atoms with Crippen molar-refractivity contribution in [2.24, 2.45) is 11.8 Å². The minimum atomic E-state index is -0.894. The number of amides is 5. The summed E-state index contributed by atoms with van der Waals surface area (Å²) in [7, 11) is 0. The van der Waals surface area contributed by atoms with Crippen molar-refractivity contribution in [1.82, 2.24) is 31.2 Å². The number of hydrogen-bond acceptors (Lipinski definition) is 7. The van der Waals surface area contributed by atoms with Gasteiger partial charge in [0.25, 0.3) is 5.91 Å². The molecule has 232 valence electrons. The molecule has 5 amide bonds. The highest BCUT2D eigenvalue weighted by atomic mass is 16.3. The number of aromatic nitrogens is 1. The second kappa shape index (κ2) is 14.8. The molecule has 0 spiro atoms. The Bertz CT molecular complexity index is 1290. The van der Waals surface area contributed by atoms with Crippen molar-refractivity contribution < 1.29 is 28.4 Å². The lowest BCUT2D eigenvalue weighted by atomic mass is 9.95. The Kier molecular flexibility index (Phi) is 10.9. The van der Waals surface area contributed by atoms with Crippen LogP contribution in [0.4, 0.5) is 0 Å². The van der Waals surface area contributed by atoms with Gasteiger partial charge in [-0.15, -0.1) is 0 Å². The fourth-order valence-corrected chi connectivity index (χ4v) is 5.43. The maximum absolute atomic E-state index is 13.6. The number of fused-ring (bicyclic) bond motifs is 2. The first-order valence-corrected chi connectivity index (χ1v) is 15.1. The van der Waals surface area contributed by atoms with Crippen LogP contribution in [-0.4, -0.2) is 71.1 Å². The number of likely N-dealkylation sites (tertiary alicyclic amines) is 1. The number of oxazole rings is 1. The lowest BCUT2D eigenvalue weighted by Gasteiger charge is -2.32. The lowest BCUT2D eigenvalue weighted by Crippen LogP contribution is -2.56. The first kappa shape index (κ1) is 31.7. The molecule has 0 radical (unpaired) electrons. The van der Waals surface area contributed by atoms with E-state index >= 15 is 0 Å². The summed E-state index contributed by atoms with van der Waals surface area (Å²) in [5.41, 5.74) is 1.04. The Hall–Kier alpha value is -4.22. The highest BCUT2D eigenvalue weighted by molar-refractivity contribution is 5.93. The third-order valence-corrected chi connectivity index (χ3v) is 8.05. The van der Waals surface area contributed by atoms with E-state index in [1.165, 1.54) is 13.2 Å². The molecular formula is C31H42N6O6. The number of nitrogens with zero attached hydrogens (tertiary/aromatic N) is 2. The minimum Gasteiger partial charge on any atom is -0.446 e. The number of carbonyl (C=O) groups is 5. The maximum atomic E-state index is 13.6. The van der Waals surface area contributed by atoms with Crippen molar-refractivity contribution in [2.75, 3.05) is 19.6 Å². The molecule has 1 fully saturated rings. The van der Waals surface area contributed by atoms with Crippen molar-refractivity contribution in [3.8, 4) is 0 Å². The Morgan fingerprint density at radius 1 is 1.02 bits per heavy atom. The summed E-state index contributed by atoms with van der Waals surface area (Å²) in [5.74, 6) is -1.92. The lowest BCUT2D eigenvalue weighted by molar-refractivity contribution is -0.136. The molecule has 1 aromatic carbocycles. The molecule has 12 nitrogen and oxygen atoms in total. The van der Waals surface area contributed by atoms with Gasteiger partial charge in [-0.1, -0.05) is 44.2 Å². The van der Waals surface area contributed by atoms with Gasteiger partial charge in [0.2, 0.25) is 29.5 Å². The summed E-state index contributed by atoms with van der Waals surface area (Å²) in [6.07, 6.45) is 4.12. The van der Waals surface area contributed by atoms with Gasteiger partial charge in [-0.25, -0.2) is 4.98 Å². The molecule has 1 saturated heterocycles. The minimum absolute atomic E-state index is 0.0187. The molecule has 12 heteroatoms. The summed E-state index contributed by atoms with van der Waals surface area (Å²) in [6, 6.07) is 7.06. The second-order valence-corrected chi connectivity index (χ2v) is 11.6. The van der Waals surface area contributed by atoms with Crippen LogP contribution in [-0.2, 0) is 25.6 Å². The number of piperidine rings is 1. The number of nitrogens with one attached hydrogen (secondary N) is 4. The van der Waals surface area contributed by atoms with E-state index in [1.807, 2.05) is 44.2 Å². The molecule has 3 heterocycles. The third-order valence-electron chi connectivity index (χ3n) is 8.05. The van der Waals surface area contributed by atoms with Crippen LogP contribution in [0.15, 0.2) is 41.0 Å². The molecule has 0 aliphatic carbocycles. The number of benzene rings is 1. The molecule has 2 aliphatic heterocycles. The first-order valence-electron chi connectivity index (χ1n) is 15.1. The van der Waals surface area contributed by atoms with Crippen molar-refractivity contribution in [1.29, 1.82) is 0 Å². The molecule has 0 saturated carbocycles. The van der Waals surface area contributed by atoms with E-state index in [-0.39, 0.29) is 35.2 Å². The van der Waals surface area contributed by atoms with Crippen molar-refractivity contribution in [3.05, 3.63) is 53.7 Å². The van der Waals surface area contributed by atoms with Crippen LogP contribution in [0.25, 0.3) is 0 Å². The van der Waals surface area contributed by atoms with Crippen LogP contribution in [0.1, 0.15) is 80.9 Å². The topological polar surface area (TPSA) is 163 Å². The van der Waals surface area contributed by atoms with Gasteiger partial charge in [0.1, 0.15) is 24.4 Å². The Balaban J connectivity index is 1.53. The van der Waals surface area contributed by atoms with Gasteiger partial charge in [0, 0.05) is 38.9 Å². The normalized spacial score (nSPS) is 22.8. The molecule has 43 heavy (non-hydrogen) atoms. The number of rotatable bonds is 5. The summed E-state index contributed by atoms with van der Waals surface area (Å²) < 4.78 is 5.66. The zero-order valence-electron chi connectivity index (χ0n) is 25.1. The zero-order chi connectivity index (χ0) is 30.9. The molecule has 2 bridgehead atoms. The Labute approximate surface area is 251 Å². The fourth-order valence-electron chi connectivity index (χ4n) is 5.43. The predicted molar refractivity (Wildman–Crippen MR) is 157 cm³/mol. The van der Waals surface area contributed by atoms with E-state index in [4.69, 9.17) is 4.42 Å². The van der Waals surface area contributed by atoms with Gasteiger partial charge in [-0.2, -0.15) is 0 Å². The molecule has 3 atom stereocenters. The molecule has 2 aromatic rings. The SMILES string of the molecule is CC(=O)N1CCC(C(=O)N[C@H]2CCCCNC(=O)c3coc(n3)[C@@H](Cc3ccccc3)NC(=O)[C@H](C(C)C)NC2=O)CC1. The summed E-state index contributed by atoms with van der Waals surface area (Å²) in [4.78, 5) is 70.9. The molecule has 1 aromatic heterocycles. The van der Waals surface area contributed by atoms with Crippen molar-refractivity contribution >= 4 is 29.5 Å². The van der Waals surface area contributed by atoms with E-state index in [2.05, 4.69) is 26.3 Å². The molecule has 0 unspecified atom stereocenters. The quantitative estimate of drug-likeness (QED) is 0.411. The van der Waals surface area contributed by atoms with E-state index in [9.17, 15) is 24.0 Å². The highest BCUT2D eigenvalue weighted by Crippen LogP contribution is 2.21. The smallest absolute Gasteiger partial charge is 0.273 e. The molecule has 2 aliphatic rings. The van der Waals surface area contributed by atoms with E-state index in [0.717, 1.165) is 5.56 Å².